The Labute approximate surface area is 164 Å². The minimum absolute atomic E-state index is 0.0362. The summed E-state index contributed by atoms with van der Waals surface area (Å²) in [5.41, 5.74) is 1.46. The normalized spacial score (nSPS) is 24.6. The predicted molar refractivity (Wildman–Crippen MR) is 105 cm³/mol. The Kier molecular flexibility index (Phi) is 5.33. The first-order valence-electron chi connectivity index (χ1n) is 10.0. The lowest BCUT2D eigenvalue weighted by molar-refractivity contribution is 0.457. The Balaban J connectivity index is 1.37. The van der Waals surface area contributed by atoms with Gasteiger partial charge in [0, 0.05) is 50.4 Å². The monoisotopic (exact) mass is 387 g/mol. The lowest BCUT2D eigenvalue weighted by Gasteiger charge is -2.22. The van der Waals surface area contributed by atoms with Crippen LogP contribution < -0.4 is 5.32 Å². The van der Waals surface area contributed by atoms with Crippen LogP contribution in [-0.4, -0.2) is 46.3 Å². The summed E-state index contributed by atoms with van der Waals surface area (Å²) in [4.78, 5) is 6.91. The van der Waals surface area contributed by atoms with Crippen LogP contribution in [0, 0.1) is 17.6 Å². The van der Waals surface area contributed by atoms with E-state index in [2.05, 4.69) is 26.5 Å². The number of aliphatic imine (C=N–C) groups is 1. The number of aryl methyl sites for hydroxylation is 1. The number of hydrogen-bond acceptors (Lipinski definition) is 2. The lowest BCUT2D eigenvalue weighted by Crippen LogP contribution is -2.41. The second-order valence-electron chi connectivity index (χ2n) is 7.85. The van der Waals surface area contributed by atoms with Gasteiger partial charge in [0.25, 0.3) is 0 Å². The molecule has 1 saturated heterocycles. The van der Waals surface area contributed by atoms with Crippen molar-refractivity contribution in [3.05, 3.63) is 53.4 Å². The molecule has 1 aliphatic carbocycles. The quantitative estimate of drug-likeness (QED) is 0.634. The molecular weight excluding hydrogens is 360 g/mol. The third kappa shape index (κ3) is 4.03. The molecule has 1 aromatic carbocycles. The van der Waals surface area contributed by atoms with Crippen molar-refractivity contribution in [3.63, 3.8) is 0 Å². The van der Waals surface area contributed by atoms with Crippen LogP contribution in [-0.2, 0) is 13.5 Å². The van der Waals surface area contributed by atoms with E-state index in [-0.39, 0.29) is 17.5 Å². The Morgan fingerprint density at radius 1 is 1.32 bits per heavy atom. The number of likely N-dealkylation sites (tertiary alicyclic amines) is 1. The summed E-state index contributed by atoms with van der Waals surface area (Å²) in [7, 11) is 1.94. The molecule has 150 valence electrons. The molecule has 0 spiro atoms. The van der Waals surface area contributed by atoms with Crippen LogP contribution in [0.25, 0.3) is 0 Å². The summed E-state index contributed by atoms with van der Waals surface area (Å²) < 4.78 is 29.9. The van der Waals surface area contributed by atoms with E-state index in [4.69, 9.17) is 0 Å². The van der Waals surface area contributed by atoms with Crippen molar-refractivity contribution in [2.24, 2.45) is 18.0 Å². The molecule has 7 heteroatoms. The van der Waals surface area contributed by atoms with Crippen molar-refractivity contribution >= 4 is 5.96 Å². The van der Waals surface area contributed by atoms with Gasteiger partial charge in [-0.05, 0) is 49.8 Å². The van der Waals surface area contributed by atoms with Gasteiger partial charge < -0.3 is 10.2 Å². The summed E-state index contributed by atoms with van der Waals surface area (Å²) in [6.07, 6.45) is 6.85. The van der Waals surface area contributed by atoms with E-state index in [1.807, 2.05) is 24.9 Å². The van der Waals surface area contributed by atoms with Crippen LogP contribution in [0.4, 0.5) is 8.78 Å². The van der Waals surface area contributed by atoms with Gasteiger partial charge in [-0.15, -0.1) is 0 Å². The highest BCUT2D eigenvalue weighted by Gasteiger charge is 2.43. The first-order valence-corrected chi connectivity index (χ1v) is 10.0. The summed E-state index contributed by atoms with van der Waals surface area (Å²) in [5.74, 6) is 0.381. The molecule has 2 heterocycles. The van der Waals surface area contributed by atoms with E-state index in [0.29, 0.717) is 12.5 Å². The van der Waals surface area contributed by atoms with E-state index in [9.17, 15) is 8.78 Å². The van der Waals surface area contributed by atoms with Crippen LogP contribution >= 0.6 is 0 Å². The molecule has 1 N–H and O–H groups in total. The average molecular weight is 387 g/mol. The van der Waals surface area contributed by atoms with Gasteiger partial charge in [-0.25, -0.2) is 8.78 Å². The minimum atomic E-state index is -0.457. The number of halogens is 2. The fourth-order valence-corrected chi connectivity index (χ4v) is 4.19. The summed E-state index contributed by atoms with van der Waals surface area (Å²) >= 11 is 0. The summed E-state index contributed by atoms with van der Waals surface area (Å²) in [5, 5.41) is 7.70. The first kappa shape index (κ1) is 18.9. The Hall–Kier alpha value is -2.44. The molecule has 1 aliphatic heterocycles. The molecule has 0 bridgehead atoms. The van der Waals surface area contributed by atoms with Crippen molar-refractivity contribution < 1.29 is 8.78 Å². The maximum atomic E-state index is 14.0. The molecule has 2 fully saturated rings. The fraction of sp³-hybridized carbons (Fsp3) is 0.524. The van der Waals surface area contributed by atoms with Crippen LogP contribution in [0.1, 0.15) is 36.8 Å². The van der Waals surface area contributed by atoms with Crippen molar-refractivity contribution in [1.82, 2.24) is 20.0 Å². The van der Waals surface area contributed by atoms with Crippen molar-refractivity contribution in [1.29, 1.82) is 0 Å². The van der Waals surface area contributed by atoms with Crippen LogP contribution in [0.5, 0.6) is 0 Å². The zero-order valence-corrected chi connectivity index (χ0v) is 16.4. The van der Waals surface area contributed by atoms with Crippen molar-refractivity contribution in [3.8, 4) is 0 Å². The SMILES string of the molecule is CCN=C(NC1CC1c1c(F)cccc1F)N1CCC(Cc2cnn(C)c2)C1. The Morgan fingerprint density at radius 2 is 2.11 bits per heavy atom. The maximum absolute atomic E-state index is 14.0. The second kappa shape index (κ2) is 7.89. The number of hydrogen-bond donors (Lipinski definition) is 1. The van der Waals surface area contributed by atoms with Crippen LogP contribution in [0.15, 0.2) is 35.6 Å². The van der Waals surface area contributed by atoms with Gasteiger partial charge in [-0.1, -0.05) is 6.07 Å². The minimum Gasteiger partial charge on any atom is -0.353 e. The van der Waals surface area contributed by atoms with Crippen molar-refractivity contribution in [2.45, 2.75) is 38.1 Å². The molecule has 28 heavy (non-hydrogen) atoms. The molecule has 4 rings (SSSR count). The van der Waals surface area contributed by atoms with Gasteiger partial charge in [0.15, 0.2) is 5.96 Å². The van der Waals surface area contributed by atoms with Gasteiger partial charge in [-0.3, -0.25) is 9.67 Å². The second-order valence-corrected chi connectivity index (χ2v) is 7.85. The molecular formula is C21H27F2N5. The van der Waals surface area contributed by atoms with E-state index in [1.165, 1.54) is 23.8 Å². The molecule has 2 aromatic rings. The topological polar surface area (TPSA) is 45.5 Å². The highest BCUT2D eigenvalue weighted by molar-refractivity contribution is 5.81. The molecule has 0 radical (unpaired) electrons. The van der Waals surface area contributed by atoms with Gasteiger partial charge in [-0.2, -0.15) is 5.10 Å². The van der Waals surface area contributed by atoms with E-state index >= 15 is 0 Å². The Bertz CT molecular complexity index is 842. The van der Waals surface area contributed by atoms with Crippen LogP contribution in [0.3, 0.4) is 0 Å². The molecule has 1 aromatic heterocycles. The van der Waals surface area contributed by atoms with E-state index in [1.54, 1.807) is 0 Å². The number of aromatic nitrogens is 2. The largest absolute Gasteiger partial charge is 0.353 e. The number of guanidine groups is 1. The van der Waals surface area contributed by atoms with Gasteiger partial charge in [0.05, 0.1) is 6.20 Å². The average Bonchev–Trinajstić information content (AvgIpc) is 3.04. The fourth-order valence-electron chi connectivity index (χ4n) is 4.19. The first-order chi connectivity index (χ1) is 13.5. The standard InChI is InChI=1S/C21H27F2N5/c1-3-24-21(26-19-10-16(19)20-17(22)5-4-6-18(20)23)28-8-7-14(13-28)9-15-11-25-27(2)12-15/h4-6,11-12,14,16,19H,3,7-10,13H2,1-2H3,(H,24,26). The highest BCUT2D eigenvalue weighted by Crippen LogP contribution is 2.43. The third-order valence-electron chi connectivity index (χ3n) is 5.65. The molecule has 1 saturated carbocycles. The maximum Gasteiger partial charge on any atom is 0.194 e. The molecule has 5 nitrogen and oxygen atoms in total. The number of nitrogens with zero attached hydrogens (tertiary/aromatic N) is 4. The number of benzene rings is 1. The zero-order valence-electron chi connectivity index (χ0n) is 16.4. The number of rotatable bonds is 5. The summed E-state index contributed by atoms with van der Waals surface area (Å²) in [6, 6.07) is 4.11. The highest BCUT2D eigenvalue weighted by atomic mass is 19.1. The smallest absolute Gasteiger partial charge is 0.194 e. The van der Waals surface area contributed by atoms with Crippen molar-refractivity contribution in [2.75, 3.05) is 19.6 Å². The molecule has 3 unspecified atom stereocenters. The number of nitrogens with one attached hydrogen (secondary N) is 1. The van der Waals surface area contributed by atoms with Gasteiger partial charge in [0.2, 0.25) is 0 Å². The summed E-state index contributed by atoms with van der Waals surface area (Å²) in [6.45, 7) is 4.57. The predicted octanol–water partition coefficient (Wildman–Crippen LogP) is 3.08. The van der Waals surface area contributed by atoms with E-state index < -0.39 is 11.6 Å². The molecule has 2 aliphatic rings. The van der Waals surface area contributed by atoms with Crippen LogP contribution in [0.2, 0.25) is 0 Å². The molecule has 3 atom stereocenters. The zero-order chi connectivity index (χ0) is 19.7. The third-order valence-corrected chi connectivity index (χ3v) is 5.65. The lowest BCUT2D eigenvalue weighted by atomic mass is 10.0. The van der Waals surface area contributed by atoms with E-state index in [0.717, 1.165) is 38.3 Å². The molecule has 0 amide bonds. The Morgan fingerprint density at radius 3 is 2.79 bits per heavy atom. The van der Waals surface area contributed by atoms with Gasteiger partial charge >= 0.3 is 0 Å². The van der Waals surface area contributed by atoms with Gasteiger partial charge in [0.1, 0.15) is 11.6 Å².